The Morgan fingerprint density at radius 3 is 2.22 bits per heavy atom. The molecule has 4 heteroatoms. The number of rotatable bonds is 4. The van der Waals surface area contributed by atoms with Crippen LogP contribution in [0.3, 0.4) is 0 Å². The van der Waals surface area contributed by atoms with Crippen molar-refractivity contribution in [1.82, 2.24) is 15.2 Å². The molecule has 1 fully saturated rings. The van der Waals surface area contributed by atoms with Crippen molar-refractivity contribution in [2.24, 2.45) is 0 Å². The van der Waals surface area contributed by atoms with Crippen molar-refractivity contribution >= 4 is 0 Å². The second kappa shape index (κ2) is 6.69. The third kappa shape index (κ3) is 3.38. The van der Waals surface area contributed by atoms with E-state index < -0.39 is 0 Å². The molecule has 1 aromatic heterocycles. The van der Waals surface area contributed by atoms with Crippen LogP contribution < -0.4 is 10.1 Å². The van der Waals surface area contributed by atoms with Crippen molar-refractivity contribution in [2.45, 2.75) is 19.4 Å². The van der Waals surface area contributed by atoms with E-state index in [1.54, 1.807) is 7.11 Å². The Morgan fingerprint density at radius 1 is 1.00 bits per heavy atom. The van der Waals surface area contributed by atoms with Crippen LogP contribution in [0.1, 0.15) is 19.5 Å². The largest absolute Gasteiger partial charge is 0.497 e. The van der Waals surface area contributed by atoms with Gasteiger partial charge in [0.2, 0.25) is 0 Å². The summed E-state index contributed by atoms with van der Waals surface area (Å²) in [5.41, 5.74) is 3.37. The van der Waals surface area contributed by atoms with E-state index in [1.165, 1.54) is 0 Å². The van der Waals surface area contributed by atoms with Crippen molar-refractivity contribution < 1.29 is 4.74 Å². The molecule has 1 saturated heterocycles. The summed E-state index contributed by atoms with van der Waals surface area (Å²) in [4.78, 5) is 7.25. The highest BCUT2D eigenvalue weighted by Crippen LogP contribution is 2.28. The average Bonchev–Trinajstić information content (AvgIpc) is 2.63. The van der Waals surface area contributed by atoms with E-state index in [4.69, 9.17) is 9.72 Å². The number of pyridine rings is 1. The Labute approximate surface area is 138 Å². The molecule has 1 aliphatic rings. The van der Waals surface area contributed by atoms with Crippen LogP contribution in [0.2, 0.25) is 0 Å². The molecule has 3 rings (SSSR count). The molecule has 0 amide bonds. The fourth-order valence-corrected chi connectivity index (χ4v) is 3.10. The fraction of sp³-hybridized carbons (Fsp3) is 0.421. The van der Waals surface area contributed by atoms with Gasteiger partial charge in [0.05, 0.1) is 18.3 Å². The fourth-order valence-electron chi connectivity index (χ4n) is 3.10. The molecule has 0 radical (unpaired) electrons. The van der Waals surface area contributed by atoms with Gasteiger partial charge in [0, 0.05) is 37.9 Å². The first-order valence-corrected chi connectivity index (χ1v) is 8.18. The Morgan fingerprint density at radius 2 is 1.65 bits per heavy atom. The summed E-state index contributed by atoms with van der Waals surface area (Å²) < 4.78 is 5.21. The number of aromatic nitrogens is 1. The van der Waals surface area contributed by atoms with Crippen LogP contribution in [0.4, 0.5) is 0 Å². The monoisotopic (exact) mass is 311 g/mol. The van der Waals surface area contributed by atoms with E-state index in [2.05, 4.69) is 48.3 Å². The Kier molecular flexibility index (Phi) is 4.64. The van der Waals surface area contributed by atoms with Gasteiger partial charge in [-0.05, 0) is 37.6 Å². The predicted molar refractivity (Wildman–Crippen MR) is 93.7 cm³/mol. The second-order valence-corrected chi connectivity index (χ2v) is 6.46. The number of hydrogen-bond acceptors (Lipinski definition) is 4. The van der Waals surface area contributed by atoms with E-state index in [1.807, 2.05) is 18.3 Å². The molecule has 1 aromatic carbocycles. The van der Waals surface area contributed by atoms with Crippen molar-refractivity contribution in [3.8, 4) is 16.9 Å². The number of nitrogens with one attached hydrogen (secondary N) is 1. The van der Waals surface area contributed by atoms with Gasteiger partial charge >= 0.3 is 0 Å². The Bertz CT molecular complexity index is 629. The molecule has 122 valence electrons. The second-order valence-electron chi connectivity index (χ2n) is 6.46. The quantitative estimate of drug-likeness (QED) is 0.942. The van der Waals surface area contributed by atoms with Gasteiger partial charge in [0.15, 0.2) is 0 Å². The highest BCUT2D eigenvalue weighted by Gasteiger charge is 2.30. The molecule has 1 aliphatic heterocycles. The number of ether oxygens (including phenoxy) is 1. The van der Waals surface area contributed by atoms with E-state index in [-0.39, 0.29) is 5.54 Å². The van der Waals surface area contributed by atoms with E-state index in [9.17, 15) is 0 Å². The predicted octanol–water partition coefficient (Wildman–Crippen LogP) is 2.90. The highest BCUT2D eigenvalue weighted by atomic mass is 16.5. The SMILES string of the molecule is COc1ccc(-c2ccc(C(C)(C)N3CCNCC3)nc2)cc1. The van der Waals surface area contributed by atoms with Crippen LogP contribution in [0.5, 0.6) is 5.75 Å². The molecule has 0 spiro atoms. The molecule has 2 heterocycles. The lowest BCUT2D eigenvalue weighted by molar-refractivity contribution is 0.0988. The van der Waals surface area contributed by atoms with Crippen molar-refractivity contribution in [3.05, 3.63) is 48.3 Å². The molecular weight excluding hydrogens is 286 g/mol. The summed E-state index contributed by atoms with van der Waals surface area (Å²) in [5.74, 6) is 0.873. The minimum atomic E-state index is -0.0411. The third-order valence-electron chi connectivity index (χ3n) is 4.72. The van der Waals surface area contributed by atoms with Gasteiger partial charge in [-0.1, -0.05) is 18.2 Å². The van der Waals surface area contributed by atoms with Crippen molar-refractivity contribution in [2.75, 3.05) is 33.3 Å². The van der Waals surface area contributed by atoms with Gasteiger partial charge < -0.3 is 10.1 Å². The standard InChI is InChI=1S/C19H25N3O/c1-19(2,22-12-10-20-11-13-22)18-9-6-16(14-21-18)15-4-7-17(23-3)8-5-15/h4-9,14,20H,10-13H2,1-3H3. The summed E-state index contributed by atoms with van der Waals surface area (Å²) in [7, 11) is 1.68. The lowest BCUT2D eigenvalue weighted by Gasteiger charge is -2.40. The molecule has 4 nitrogen and oxygen atoms in total. The molecule has 2 aromatic rings. The normalized spacial score (nSPS) is 16.3. The maximum atomic E-state index is 5.21. The lowest BCUT2D eigenvalue weighted by atomic mass is 9.95. The Balaban J connectivity index is 1.80. The van der Waals surface area contributed by atoms with Gasteiger partial charge in [-0.25, -0.2) is 0 Å². The minimum Gasteiger partial charge on any atom is -0.497 e. The number of piperazine rings is 1. The molecule has 0 saturated carbocycles. The van der Waals surface area contributed by atoms with Crippen LogP contribution in [0.15, 0.2) is 42.6 Å². The molecular formula is C19H25N3O. The van der Waals surface area contributed by atoms with Crippen LogP contribution in [0, 0.1) is 0 Å². The molecule has 0 bridgehead atoms. The van der Waals surface area contributed by atoms with Crippen LogP contribution in [0.25, 0.3) is 11.1 Å². The third-order valence-corrected chi connectivity index (χ3v) is 4.72. The summed E-state index contributed by atoms with van der Waals surface area (Å²) in [6, 6.07) is 12.4. The summed E-state index contributed by atoms with van der Waals surface area (Å²) in [6.07, 6.45) is 1.97. The lowest BCUT2D eigenvalue weighted by Crippen LogP contribution is -2.52. The topological polar surface area (TPSA) is 37.4 Å². The van der Waals surface area contributed by atoms with E-state index in [0.717, 1.165) is 48.7 Å². The molecule has 0 atom stereocenters. The molecule has 0 aliphatic carbocycles. The van der Waals surface area contributed by atoms with Gasteiger partial charge in [0.25, 0.3) is 0 Å². The van der Waals surface area contributed by atoms with Crippen molar-refractivity contribution in [3.63, 3.8) is 0 Å². The smallest absolute Gasteiger partial charge is 0.118 e. The zero-order valence-electron chi connectivity index (χ0n) is 14.2. The first kappa shape index (κ1) is 16.0. The number of hydrogen-bond donors (Lipinski definition) is 1. The minimum absolute atomic E-state index is 0.0411. The molecule has 23 heavy (non-hydrogen) atoms. The maximum Gasteiger partial charge on any atom is 0.118 e. The van der Waals surface area contributed by atoms with Gasteiger partial charge in [-0.3, -0.25) is 9.88 Å². The highest BCUT2D eigenvalue weighted by molar-refractivity contribution is 5.63. The zero-order valence-corrected chi connectivity index (χ0v) is 14.2. The van der Waals surface area contributed by atoms with E-state index >= 15 is 0 Å². The van der Waals surface area contributed by atoms with Crippen LogP contribution >= 0.6 is 0 Å². The van der Waals surface area contributed by atoms with Crippen LogP contribution in [-0.4, -0.2) is 43.2 Å². The Hall–Kier alpha value is -1.91. The molecule has 0 unspecified atom stereocenters. The maximum absolute atomic E-state index is 5.21. The number of methoxy groups -OCH3 is 1. The summed E-state index contributed by atoms with van der Waals surface area (Å²) >= 11 is 0. The number of nitrogens with zero attached hydrogens (tertiary/aromatic N) is 2. The van der Waals surface area contributed by atoms with Gasteiger partial charge in [0.1, 0.15) is 5.75 Å². The first-order valence-electron chi connectivity index (χ1n) is 8.18. The average molecular weight is 311 g/mol. The van der Waals surface area contributed by atoms with Crippen LogP contribution in [-0.2, 0) is 5.54 Å². The summed E-state index contributed by atoms with van der Waals surface area (Å²) in [5, 5.41) is 3.41. The van der Waals surface area contributed by atoms with Crippen molar-refractivity contribution in [1.29, 1.82) is 0 Å². The van der Waals surface area contributed by atoms with Gasteiger partial charge in [-0.15, -0.1) is 0 Å². The number of benzene rings is 1. The first-order chi connectivity index (χ1) is 11.1. The molecule has 1 N–H and O–H groups in total. The van der Waals surface area contributed by atoms with Gasteiger partial charge in [-0.2, -0.15) is 0 Å². The van der Waals surface area contributed by atoms with E-state index in [0.29, 0.717) is 0 Å². The zero-order chi connectivity index (χ0) is 16.3. The summed E-state index contributed by atoms with van der Waals surface area (Å²) in [6.45, 7) is 8.74.